The molecule has 8 heteroatoms. The average molecular weight is 258 g/mol. The Morgan fingerprint density at radius 1 is 1.56 bits per heavy atom. The third-order valence-electron chi connectivity index (χ3n) is 1.81. The van der Waals surface area contributed by atoms with Crippen LogP contribution in [-0.2, 0) is 6.54 Å². The summed E-state index contributed by atoms with van der Waals surface area (Å²) >= 11 is 7.13. The van der Waals surface area contributed by atoms with E-state index in [1.165, 1.54) is 28.3 Å². The van der Waals surface area contributed by atoms with E-state index in [1.54, 1.807) is 7.05 Å². The average Bonchev–Trinajstić information content (AvgIpc) is 2.71. The van der Waals surface area contributed by atoms with Crippen LogP contribution in [0.4, 0.5) is 5.13 Å². The molecule has 0 aliphatic carbocycles. The Hall–Kier alpha value is -1.47. The van der Waals surface area contributed by atoms with Gasteiger partial charge in [0.05, 0.1) is 17.8 Å². The van der Waals surface area contributed by atoms with Crippen molar-refractivity contribution in [3.05, 3.63) is 32.9 Å². The predicted molar refractivity (Wildman–Crippen MR) is 62.1 cm³/mol. The van der Waals surface area contributed by atoms with Gasteiger partial charge in [-0.15, -0.1) is 10.2 Å². The molecule has 0 fully saturated rings. The number of anilines is 1. The summed E-state index contributed by atoms with van der Waals surface area (Å²) in [7, 11) is 1.76. The zero-order chi connectivity index (χ0) is 11.5. The van der Waals surface area contributed by atoms with E-state index < -0.39 is 0 Å². The van der Waals surface area contributed by atoms with E-state index in [-0.39, 0.29) is 5.69 Å². The van der Waals surface area contributed by atoms with Gasteiger partial charge in [-0.1, -0.05) is 22.9 Å². The predicted octanol–water partition coefficient (Wildman–Crippen LogP) is 0.838. The summed E-state index contributed by atoms with van der Waals surface area (Å²) < 4.78 is 1.39. The molecule has 1 N–H and O–H groups in total. The van der Waals surface area contributed by atoms with E-state index in [2.05, 4.69) is 20.5 Å². The van der Waals surface area contributed by atoms with Crippen molar-refractivity contribution in [3.8, 4) is 0 Å². The van der Waals surface area contributed by atoms with Gasteiger partial charge >= 0.3 is 5.69 Å². The van der Waals surface area contributed by atoms with Crippen molar-refractivity contribution in [2.75, 3.05) is 12.4 Å². The second-order valence-corrected chi connectivity index (χ2v) is 4.43. The number of halogens is 1. The second kappa shape index (κ2) is 4.58. The third-order valence-corrected chi connectivity index (χ3v) is 2.93. The molecule has 2 heterocycles. The van der Waals surface area contributed by atoms with Crippen LogP contribution in [0.1, 0.15) is 5.01 Å². The van der Waals surface area contributed by atoms with Gasteiger partial charge in [0.15, 0.2) is 0 Å². The maximum absolute atomic E-state index is 11.4. The molecule has 0 saturated heterocycles. The SMILES string of the molecule is CNc1nnc(Cn2cc(Cl)cnc2=O)s1. The second-order valence-electron chi connectivity index (χ2n) is 2.93. The Balaban J connectivity index is 2.26. The minimum absolute atomic E-state index is 0.325. The van der Waals surface area contributed by atoms with Crippen molar-refractivity contribution in [2.45, 2.75) is 6.54 Å². The molecule has 2 rings (SSSR count). The number of hydrogen-bond donors (Lipinski definition) is 1. The van der Waals surface area contributed by atoms with E-state index in [1.807, 2.05) is 0 Å². The lowest BCUT2D eigenvalue weighted by molar-refractivity contribution is 0.715. The van der Waals surface area contributed by atoms with Crippen molar-refractivity contribution < 1.29 is 0 Å². The highest BCUT2D eigenvalue weighted by Crippen LogP contribution is 2.15. The lowest BCUT2D eigenvalue weighted by Gasteiger charge is -2.00. The first-order chi connectivity index (χ1) is 7.69. The zero-order valence-corrected chi connectivity index (χ0v) is 9.92. The van der Waals surface area contributed by atoms with Gasteiger partial charge in [0.25, 0.3) is 0 Å². The van der Waals surface area contributed by atoms with Crippen LogP contribution in [0.25, 0.3) is 0 Å². The van der Waals surface area contributed by atoms with Crippen LogP contribution < -0.4 is 11.0 Å². The molecule has 2 aromatic rings. The van der Waals surface area contributed by atoms with Gasteiger partial charge in [-0.25, -0.2) is 9.78 Å². The fourth-order valence-corrected chi connectivity index (χ4v) is 1.96. The van der Waals surface area contributed by atoms with E-state index in [9.17, 15) is 4.79 Å². The van der Waals surface area contributed by atoms with Gasteiger partial charge < -0.3 is 5.32 Å². The van der Waals surface area contributed by atoms with Crippen LogP contribution in [0, 0.1) is 0 Å². The molecule has 0 atom stereocenters. The lowest BCUT2D eigenvalue weighted by Crippen LogP contribution is -2.22. The minimum atomic E-state index is -0.356. The van der Waals surface area contributed by atoms with Crippen molar-refractivity contribution >= 4 is 28.1 Å². The van der Waals surface area contributed by atoms with Gasteiger partial charge in [-0.2, -0.15) is 0 Å². The van der Waals surface area contributed by atoms with Crippen LogP contribution in [-0.4, -0.2) is 26.8 Å². The molecule has 0 saturated carbocycles. The highest BCUT2D eigenvalue weighted by Gasteiger charge is 2.05. The number of hydrogen-bond acceptors (Lipinski definition) is 6. The Kier molecular flexibility index (Phi) is 3.16. The summed E-state index contributed by atoms with van der Waals surface area (Å²) in [4.78, 5) is 15.0. The van der Waals surface area contributed by atoms with Crippen LogP contribution >= 0.6 is 22.9 Å². The summed E-state index contributed by atoms with van der Waals surface area (Å²) in [6, 6.07) is 0. The maximum Gasteiger partial charge on any atom is 0.347 e. The summed E-state index contributed by atoms with van der Waals surface area (Å²) in [5.41, 5.74) is -0.356. The molecule has 84 valence electrons. The smallest absolute Gasteiger partial charge is 0.347 e. The molecule has 2 aromatic heterocycles. The molecule has 0 unspecified atom stereocenters. The molecule has 0 amide bonds. The number of aromatic nitrogens is 4. The fourth-order valence-electron chi connectivity index (χ4n) is 1.11. The summed E-state index contributed by atoms with van der Waals surface area (Å²) in [6.45, 7) is 0.325. The number of rotatable bonds is 3. The standard InChI is InChI=1S/C8H8ClN5OS/c1-10-7-13-12-6(16-7)4-14-3-5(9)2-11-8(14)15/h2-3H,4H2,1H3,(H,10,13). The Bertz CT molecular complexity index is 551. The first-order valence-electron chi connectivity index (χ1n) is 4.41. The quantitative estimate of drug-likeness (QED) is 0.882. The molecular formula is C8H8ClN5OS. The first-order valence-corrected chi connectivity index (χ1v) is 5.60. The van der Waals surface area contributed by atoms with Crippen molar-refractivity contribution in [2.24, 2.45) is 0 Å². The van der Waals surface area contributed by atoms with E-state index in [0.717, 1.165) is 5.01 Å². The highest BCUT2D eigenvalue weighted by molar-refractivity contribution is 7.15. The Morgan fingerprint density at radius 2 is 2.38 bits per heavy atom. The first kappa shape index (κ1) is 11.0. The van der Waals surface area contributed by atoms with Gasteiger partial charge in [0.2, 0.25) is 5.13 Å². The van der Waals surface area contributed by atoms with Gasteiger partial charge in [0.1, 0.15) is 5.01 Å². The van der Waals surface area contributed by atoms with Gasteiger partial charge in [-0.3, -0.25) is 4.57 Å². The number of nitrogens with zero attached hydrogens (tertiary/aromatic N) is 4. The third kappa shape index (κ3) is 2.37. The molecular weight excluding hydrogens is 250 g/mol. The molecule has 0 aromatic carbocycles. The van der Waals surface area contributed by atoms with Gasteiger partial charge in [-0.05, 0) is 0 Å². The maximum atomic E-state index is 11.4. The summed E-state index contributed by atoms with van der Waals surface area (Å²) in [5, 5.41) is 12.5. The van der Waals surface area contributed by atoms with Gasteiger partial charge in [0, 0.05) is 13.2 Å². The van der Waals surface area contributed by atoms with Crippen LogP contribution in [0.2, 0.25) is 5.02 Å². The van der Waals surface area contributed by atoms with E-state index >= 15 is 0 Å². The molecule has 0 bridgehead atoms. The molecule has 0 radical (unpaired) electrons. The zero-order valence-electron chi connectivity index (χ0n) is 8.35. The summed E-state index contributed by atoms with van der Waals surface area (Å²) in [5.74, 6) is 0. The molecule has 0 spiro atoms. The lowest BCUT2D eigenvalue weighted by atomic mass is 10.6. The Labute approximate surface area is 99.9 Å². The number of nitrogens with one attached hydrogen (secondary N) is 1. The minimum Gasteiger partial charge on any atom is -0.363 e. The molecule has 0 aliphatic heterocycles. The van der Waals surface area contributed by atoms with Crippen molar-refractivity contribution in [3.63, 3.8) is 0 Å². The Morgan fingerprint density at radius 3 is 3.06 bits per heavy atom. The van der Waals surface area contributed by atoms with Crippen molar-refractivity contribution in [1.82, 2.24) is 19.7 Å². The molecule has 6 nitrogen and oxygen atoms in total. The van der Waals surface area contributed by atoms with E-state index in [4.69, 9.17) is 11.6 Å². The molecule has 16 heavy (non-hydrogen) atoms. The normalized spacial score (nSPS) is 10.4. The van der Waals surface area contributed by atoms with Crippen molar-refractivity contribution in [1.29, 1.82) is 0 Å². The topological polar surface area (TPSA) is 72.7 Å². The largest absolute Gasteiger partial charge is 0.363 e. The fraction of sp³-hybridized carbons (Fsp3) is 0.250. The van der Waals surface area contributed by atoms with E-state index in [0.29, 0.717) is 16.7 Å². The summed E-state index contributed by atoms with van der Waals surface area (Å²) in [6.07, 6.45) is 2.84. The van der Waals surface area contributed by atoms with Crippen LogP contribution in [0.5, 0.6) is 0 Å². The van der Waals surface area contributed by atoms with Crippen LogP contribution in [0.15, 0.2) is 17.2 Å². The van der Waals surface area contributed by atoms with Crippen LogP contribution in [0.3, 0.4) is 0 Å². The molecule has 0 aliphatic rings. The highest BCUT2D eigenvalue weighted by atomic mass is 35.5. The monoisotopic (exact) mass is 257 g/mol.